The Bertz CT molecular complexity index is 976. The Morgan fingerprint density at radius 3 is 2.63 bits per heavy atom. The van der Waals surface area contributed by atoms with Gasteiger partial charge in [0.1, 0.15) is 18.2 Å². The Morgan fingerprint density at radius 1 is 1.10 bits per heavy atom. The van der Waals surface area contributed by atoms with Crippen molar-refractivity contribution in [2.75, 3.05) is 50.0 Å². The molecule has 0 aliphatic carbocycles. The number of piperazine rings is 1. The van der Waals surface area contributed by atoms with Crippen molar-refractivity contribution in [1.82, 2.24) is 14.6 Å². The molecule has 1 amide bonds. The highest BCUT2D eigenvalue weighted by Crippen LogP contribution is 2.26. The van der Waals surface area contributed by atoms with Crippen LogP contribution in [-0.4, -0.2) is 68.7 Å². The fourth-order valence-electron chi connectivity index (χ4n) is 3.81. The van der Waals surface area contributed by atoms with Gasteiger partial charge in [-0.3, -0.25) is 4.79 Å². The molecule has 2 aliphatic heterocycles. The van der Waals surface area contributed by atoms with Crippen molar-refractivity contribution in [1.29, 1.82) is 0 Å². The van der Waals surface area contributed by atoms with Crippen LogP contribution in [0.5, 0.6) is 5.75 Å². The summed E-state index contributed by atoms with van der Waals surface area (Å²) in [7, 11) is -3.42. The first kappa shape index (κ1) is 20.6. The number of carbonyl (C=O) groups is 1. The number of benzene rings is 1. The van der Waals surface area contributed by atoms with Crippen LogP contribution >= 0.6 is 0 Å². The molecular weight excluding hydrogens is 404 g/mol. The molecule has 1 saturated heterocycles. The van der Waals surface area contributed by atoms with Gasteiger partial charge in [-0.05, 0) is 30.2 Å². The Morgan fingerprint density at radius 2 is 1.87 bits per heavy atom. The average Bonchev–Trinajstić information content (AvgIpc) is 2.79. The zero-order valence-electron chi connectivity index (χ0n) is 16.7. The van der Waals surface area contributed by atoms with E-state index in [0.29, 0.717) is 39.2 Å². The minimum Gasteiger partial charge on any atom is -0.492 e. The number of nitrogens with zero attached hydrogens (tertiary/aromatic N) is 3. The number of hydrogen-bond acceptors (Lipinski definition) is 6. The zero-order valence-corrected chi connectivity index (χ0v) is 17.6. The SMILES string of the molecule is O=C(NCCS(=O)(=O)N1CCN(c2ccccn2)CC1)C1COc2ccccc2C1. The molecule has 8 nitrogen and oxygen atoms in total. The summed E-state index contributed by atoms with van der Waals surface area (Å²) < 4.78 is 32.5. The van der Waals surface area contributed by atoms with Crippen LogP contribution in [0.4, 0.5) is 5.82 Å². The molecule has 1 atom stereocenters. The van der Waals surface area contributed by atoms with Crippen molar-refractivity contribution < 1.29 is 17.9 Å². The lowest BCUT2D eigenvalue weighted by Gasteiger charge is -2.34. The van der Waals surface area contributed by atoms with E-state index < -0.39 is 10.0 Å². The number of para-hydroxylation sites is 1. The van der Waals surface area contributed by atoms with Gasteiger partial charge in [-0.25, -0.2) is 13.4 Å². The van der Waals surface area contributed by atoms with Crippen molar-refractivity contribution >= 4 is 21.7 Å². The van der Waals surface area contributed by atoms with Gasteiger partial charge in [0, 0.05) is 38.9 Å². The van der Waals surface area contributed by atoms with Crippen molar-refractivity contribution in [3.05, 3.63) is 54.2 Å². The van der Waals surface area contributed by atoms with Crippen molar-refractivity contribution in [2.45, 2.75) is 6.42 Å². The van der Waals surface area contributed by atoms with Gasteiger partial charge in [-0.15, -0.1) is 0 Å². The fraction of sp³-hybridized carbons (Fsp3) is 0.429. The van der Waals surface area contributed by atoms with E-state index in [9.17, 15) is 13.2 Å². The number of anilines is 1. The summed E-state index contributed by atoms with van der Waals surface area (Å²) in [5.74, 6) is 1.10. The first-order valence-corrected chi connectivity index (χ1v) is 11.8. The molecule has 9 heteroatoms. The first-order valence-electron chi connectivity index (χ1n) is 10.2. The highest BCUT2D eigenvalue weighted by atomic mass is 32.2. The van der Waals surface area contributed by atoms with Crippen LogP contribution in [0, 0.1) is 5.92 Å². The van der Waals surface area contributed by atoms with Crippen LogP contribution in [0.3, 0.4) is 0 Å². The smallest absolute Gasteiger partial charge is 0.226 e. The predicted molar refractivity (Wildman–Crippen MR) is 114 cm³/mol. The summed E-state index contributed by atoms with van der Waals surface area (Å²) in [6.45, 7) is 2.44. The molecule has 0 spiro atoms. The van der Waals surface area contributed by atoms with Crippen LogP contribution in [-0.2, 0) is 21.2 Å². The number of ether oxygens (including phenoxy) is 1. The second-order valence-electron chi connectivity index (χ2n) is 7.50. The second kappa shape index (κ2) is 9.01. The normalized spacial score (nSPS) is 19.6. The van der Waals surface area contributed by atoms with Crippen LogP contribution in [0.2, 0.25) is 0 Å². The second-order valence-corrected chi connectivity index (χ2v) is 9.59. The van der Waals surface area contributed by atoms with Gasteiger partial charge in [0.05, 0.1) is 11.7 Å². The van der Waals surface area contributed by atoms with Gasteiger partial charge in [0.15, 0.2) is 0 Å². The number of fused-ring (bicyclic) bond motifs is 1. The van der Waals surface area contributed by atoms with E-state index in [-0.39, 0.29) is 24.1 Å². The van der Waals surface area contributed by atoms with Crippen LogP contribution < -0.4 is 15.0 Å². The molecule has 1 fully saturated rings. The molecule has 1 aromatic carbocycles. The molecule has 0 radical (unpaired) electrons. The molecule has 160 valence electrons. The lowest BCUT2D eigenvalue weighted by molar-refractivity contribution is -0.126. The van der Waals surface area contributed by atoms with Gasteiger partial charge in [0.2, 0.25) is 15.9 Å². The van der Waals surface area contributed by atoms with Crippen molar-refractivity contribution in [2.24, 2.45) is 5.92 Å². The molecule has 0 bridgehead atoms. The standard InChI is InChI=1S/C21H26N4O4S/c26-21(18-15-17-5-1-2-6-19(17)29-16-18)23-9-14-30(27,28)25-12-10-24(11-13-25)20-7-3-4-8-22-20/h1-8,18H,9-16H2,(H,23,26). The molecule has 1 aromatic heterocycles. The summed E-state index contributed by atoms with van der Waals surface area (Å²) in [5, 5.41) is 2.77. The molecule has 30 heavy (non-hydrogen) atoms. The third-order valence-corrected chi connectivity index (χ3v) is 7.39. The summed E-state index contributed by atoms with van der Waals surface area (Å²) in [6, 6.07) is 13.4. The monoisotopic (exact) mass is 430 g/mol. The van der Waals surface area contributed by atoms with Gasteiger partial charge in [0.25, 0.3) is 0 Å². The third kappa shape index (κ3) is 4.73. The summed E-state index contributed by atoms with van der Waals surface area (Å²) in [5.41, 5.74) is 1.00. The predicted octanol–water partition coefficient (Wildman–Crippen LogP) is 0.901. The first-order chi connectivity index (χ1) is 14.5. The lowest BCUT2D eigenvalue weighted by atomic mass is 9.96. The van der Waals surface area contributed by atoms with Crippen LogP contribution in [0.15, 0.2) is 48.7 Å². The minimum atomic E-state index is -3.42. The molecule has 1 N–H and O–H groups in total. The minimum absolute atomic E-state index is 0.0970. The number of hydrogen-bond donors (Lipinski definition) is 1. The largest absolute Gasteiger partial charge is 0.492 e. The van der Waals surface area contributed by atoms with E-state index in [1.807, 2.05) is 42.5 Å². The van der Waals surface area contributed by atoms with Gasteiger partial charge >= 0.3 is 0 Å². The third-order valence-electron chi connectivity index (χ3n) is 5.51. The number of amides is 1. The highest BCUT2D eigenvalue weighted by molar-refractivity contribution is 7.89. The number of pyridine rings is 1. The molecule has 0 saturated carbocycles. The fourth-order valence-corrected chi connectivity index (χ4v) is 5.15. The molecule has 2 aliphatic rings. The number of rotatable bonds is 6. The number of aromatic nitrogens is 1. The maximum absolute atomic E-state index is 12.7. The molecular formula is C21H26N4O4S. The van der Waals surface area contributed by atoms with E-state index >= 15 is 0 Å². The highest BCUT2D eigenvalue weighted by Gasteiger charge is 2.29. The van der Waals surface area contributed by atoms with Gasteiger partial charge in [-0.2, -0.15) is 4.31 Å². The maximum Gasteiger partial charge on any atom is 0.226 e. The number of nitrogens with one attached hydrogen (secondary N) is 1. The molecule has 2 aromatic rings. The van der Waals surface area contributed by atoms with E-state index in [1.54, 1.807) is 6.20 Å². The maximum atomic E-state index is 12.7. The van der Waals surface area contributed by atoms with Gasteiger partial charge in [-0.1, -0.05) is 24.3 Å². The average molecular weight is 431 g/mol. The van der Waals surface area contributed by atoms with Crippen molar-refractivity contribution in [3.8, 4) is 5.75 Å². The molecule has 4 rings (SSSR count). The Labute approximate surface area is 176 Å². The van der Waals surface area contributed by atoms with E-state index in [4.69, 9.17) is 4.74 Å². The number of carbonyl (C=O) groups excluding carboxylic acids is 1. The Kier molecular flexibility index (Phi) is 6.19. The van der Waals surface area contributed by atoms with Crippen LogP contribution in [0.25, 0.3) is 0 Å². The Hall–Kier alpha value is -2.65. The number of sulfonamides is 1. The summed E-state index contributed by atoms with van der Waals surface area (Å²) in [6.07, 6.45) is 2.33. The van der Waals surface area contributed by atoms with E-state index in [0.717, 1.165) is 17.1 Å². The van der Waals surface area contributed by atoms with E-state index in [2.05, 4.69) is 15.2 Å². The summed E-state index contributed by atoms with van der Waals surface area (Å²) in [4.78, 5) is 18.9. The molecule has 3 heterocycles. The zero-order chi connectivity index (χ0) is 21.0. The Balaban J connectivity index is 1.23. The summed E-state index contributed by atoms with van der Waals surface area (Å²) >= 11 is 0. The topological polar surface area (TPSA) is 91.8 Å². The lowest BCUT2D eigenvalue weighted by Crippen LogP contribution is -2.50. The quantitative estimate of drug-likeness (QED) is 0.732. The molecule has 1 unspecified atom stereocenters. The van der Waals surface area contributed by atoms with E-state index in [1.165, 1.54) is 4.31 Å². The van der Waals surface area contributed by atoms with Crippen LogP contribution in [0.1, 0.15) is 5.56 Å². The van der Waals surface area contributed by atoms with Crippen molar-refractivity contribution in [3.63, 3.8) is 0 Å². The van der Waals surface area contributed by atoms with Gasteiger partial charge < -0.3 is 15.0 Å².